The van der Waals surface area contributed by atoms with Crippen molar-refractivity contribution in [3.05, 3.63) is 72.8 Å². The molecule has 0 saturated carbocycles. The first-order valence-electron chi connectivity index (χ1n) is 11.1. The van der Waals surface area contributed by atoms with Crippen LogP contribution in [-0.4, -0.2) is 65.5 Å². The maximum absolute atomic E-state index is 12.9. The number of sulfonamides is 1. The first-order chi connectivity index (χ1) is 16.9. The number of carbonyl (C=O) groups is 1. The fourth-order valence-corrected chi connectivity index (χ4v) is 5.19. The number of hydrogen-bond donors (Lipinski definition) is 3. The number of rotatable bonds is 6. The number of aromatic hydroxyl groups is 1. The van der Waals surface area contributed by atoms with Crippen LogP contribution in [0.3, 0.4) is 0 Å². The van der Waals surface area contributed by atoms with E-state index in [-0.39, 0.29) is 30.2 Å². The Balaban J connectivity index is 0.00000304. The molecule has 35 heavy (non-hydrogen) atoms. The van der Waals surface area contributed by atoms with Gasteiger partial charge in [-0.3, -0.25) is 9.52 Å². The smallest absolute Gasteiger partial charge is 0.263 e. The number of aromatic nitrogens is 3. The predicted molar refractivity (Wildman–Crippen MR) is 134 cm³/mol. The number of amides is 1. The second-order valence-corrected chi connectivity index (χ2v) is 9.96. The number of anilines is 2. The number of nitrogens with one attached hydrogen (secondary N) is 2. The third-order valence-corrected chi connectivity index (χ3v) is 7.43. The largest absolute Gasteiger partial charge is 0.508 e. The van der Waals surface area contributed by atoms with Gasteiger partial charge in [0.1, 0.15) is 17.9 Å². The Bertz CT molecular complexity index is 1450. The number of benzene rings is 2. The zero-order valence-corrected chi connectivity index (χ0v) is 19.6. The molecule has 0 aliphatic carbocycles. The molecule has 0 unspecified atom stereocenters. The van der Waals surface area contributed by atoms with E-state index in [9.17, 15) is 18.3 Å². The Morgan fingerprint density at radius 1 is 1.09 bits per heavy atom. The fraction of sp³-hybridized carbons (Fsp3) is 0.208. The van der Waals surface area contributed by atoms with Crippen LogP contribution in [0.4, 0.5) is 11.5 Å². The van der Waals surface area contributed by atoms with Gasteiger partial charge in [0.2, 0.25) is 5.91 Å². The van der Waals surface area contributed by atoms with Crippen LogP contribution in [0.5, 0.6) is 5.75 Å². The van der Waals surface area contributed by atoms with Crippen molar-refractivity contribution in [2.45, 2.75) is 11.3 Å². The van der Waals surface area contributed by atoms with Crippen molar-refractivity contribution >= 4 is 38.3 Å². The molecule has 1 fully saturated rings. The van der Waals surface area contributed by atoms with E-state index in [1.165, 1.54) is 18.6 Å². The Hall–Kier alpha value is -4.12. The van der Waals surface area contributed by atoms with Crippen LogP contribution in [0.25, 0.3) is 10.9 Å². The number of phenolic OH excluding ortho intramolecular Hbond substituents is 1. The minimum Gasteiger partial charge on any atom is -0.508 e. The Kier molecular flexibility index (Phi) is 6.00. The van der Waals surface area contributed by atoms with E-state index in [4.69, 9.17) is 0 Å². The van der Waals surface area contributed by atoms with E-state index in [0.717, 1.165) is 22.2 Å². The molecule has 0 bridgehead atoms. The summed E-state index contributed by atoms with van der Waals surface area (Å²) in [6.07, 6.45) is 4.81. The molecule has 0 atom stereocenters. The zero-order valence-electron chi connectivity index (χ0n) is 18.8. The average Bonchev–Trinajstić information content (AvgIpc) is 3.26. The summed E-state index contributed by atoms with van der Waals surface area (Å²) in [6.45, 7) is 2.43. The number of H-pyrrole nitrogens is 1. The maximum Gasteiger partial charge on any atom is 0.263 e. The number of fused-ring (bicyclic) bond motifs is 1. The summed E-state index contributed by atoms with van der Waals surface area (Å²) in [5, 5.41) is 10.6. The second-order valence-electron chi connectivity index (χ2n) is 8.28. The summed E-state index contributed by atoms with van der Waals surface area (Å²) in [5.74, 6) is 0.406. The summed E-state index contributed by atoms with van der Waals surface area (Å²) in [6, 6.07) is 13.2. The topological polar surface area (TPSA) is 132 Å². The molecule has 0 spiro atoms. The van der Waals surface area contributed by atoms with Gasteiger partial charge in [0, 0.05) is 56.6 Å². The van der Waals surface area contributed by atoms with Crippen molar-refractivity contribution in [1.29, 1.82) is 0 Å². The van der Waals surface area contributed by atoms with Gasteiger partial charge in [-0.25, -0.2) is 18.4 Å². The van der Waals surface area contributed by atoms with Crippen LogP contribution in [0.2, 0.25) is 0 Å². The molecule has 1 aliphatic rings. The molecule has 3 N–H and O–H groups in total. The molecular weight excluding hydrogens is 468 g/mol. The van der Waals surface area contributed by atoms with Gasteiger partial charge < -0.3 is 19.9 Å². The zero-order chi connectivity index (χ0) is 24.4. The molecule has 1 amide bonds. The van der Waals surface area contributed by atoms with Crippen molar-refractivity contribution in [1.82, 2.24) is 19.9 Å². The molecular formula is C24H26N6O4S. The molecule has 10 nitrogen and oxygen atoms in total. The van der Waals surface area contributed by atoms with E-state index in [0.29, 0.717) is 26.2 Å². The molecule has 4 aromatic rings. The molecule has 1 aliphatic heterocycles. The van der Waals surface area contributed by atoms with Crippen LogP contribution in [-0.2, 0) is 21.2 Å². The molecule has 0 radical (unpaired) electrons. The first kappa shape index (κ1) is 22.7. The minimum absolute atomic E-state index is 0. The number of hydrogen-bond acceptors (Lipinski definition) is 7. The monoisotopic (exact) mass is 494 g/mol. The highest BCUT2D eigenvalue weighted by molar-refractivity contribution is 7.92. The van der Waals surface area contributed by atoms with Gasteiger partial charge in [-0.1, -0.05) is 0 Å². The summed E-state index contributed by atoms with van der Waals surface area (Å²) in [5.41, 5.74) is 2.63. The molecule has 2 aromatic heterocycles. The molecule has 2 aromatic carbocycles. The third kappa shape index (κ3) is 4.90. The molecule has 1 saturated heterocycles. The number of piperazine rings is 1. The van der Waals surface area contributed by atoms with Gasteiger partial charge in [0.15, 0.2) is 0 Å². The van der Waals surface area contributed by atoms with Gasteiger partial charge >= 0.3 is 0 Å². The standard InChI is InChI=1S/C24H24N6O4S.H2/c31-19-3-6-22-21(14-19)17(15-26-22)13-24(32)30-11-9-29(10-12-30)18-1-4-20(5-2-18)35(33,34)28-23-7-8-25-16-27-23;/h1-8,14-16,26,31H,9-13H2,(H,25,27,28);1H. The summed E-state index contributed by atoms with van der Waals surface area (Å²) < 4.78 is 27.6. The van der Waals surface area contributed by atoms with Crippen molar-refractivity contribution in [3.8, 4) is 5.75 Å². The first-order valence-corrected chi connectivity index (χ1v) is 12.6. The molecule has 182 valence electrons. The number of aromatic amines is 1. The molecule has 3 heterocycles. The highest BCUT2D eigenvalue weighted by atomic mass is 32.2. The van der Waals surface area contributed by atoms with Crippen LogP contribution < -0.4 is 9.62 Å². The van der Waals surface area contributed by atoms with Gasteiger partial charge in [0.25, 0.3) is 10.0 Å². The third-order valence-electron chi connectivity index (χ3n) is 6.06. The van der Waals surface area contributed by atoms with E-state index in [2.05, 4.69) is 24.6 Å². The number of carbonyl (C=O) groups excluding carboxylic acids is 1. The van der Waals surface area contributed by atoms with Gasteiger partial charge in [-0.15, -0.1) is 0 Å². The van der Waals surface area contributed by atoms with Crippen molar-refractivity contribution in [3.63, 3.8) is 0 Å². The lowest BCUT2D eigenvalue weighted by atomic mass is 10.1. The Morgan fingerprint density at radius 3 is 2.57 bits per heavy atom. The Labute approximate surface area is 203 Å². The SMILES string of the molecule is O=C(Cc1c[nH]c2ccc(O)cc12)N1CCN(c2ccc(S(=O)(=O)Nc3ccncn3)cc2)CC1.[HH]. The molecule has 11 heteroatoms. The van der Waals surface area contributed by atoms with Gasteiger partial charge in [-0.05, 0) is 54.1 Å². The van der Waals surface area contributed by atoms with Crippen molar-refractivity contribution < 1.29 is 19.7 Å². The highest BCUT2D eigenvalue weighted by Crippen LogP contribution is 2.25. The van der Waals surface area contributed by atoms with Gasteiger partial charge in [-0.2, -0.15) is 0 Å². The quantitative estimate of drug-likeness (QED) is 0.375. The van der Waals surface area contributed by atoms with Crippen molar-refractivity contribution in [2.75, 3.05) is 35.8 Å². The summed E-state index contributed by atoms with van der Waals surface area (Å²) >= 11 is 0. The second kappa shape index (κ2) is 9.26. The van der Waals surface area contributed by atoms with E-state index in [1.807, 2.05) is 11.1 Å². The number of phenols is 1. The van der Waals surface area contributed by atoms with E-state index in [1.54, 1.807) is 42.5 Å². The number of nitrogens with zero attached hydrogens (tertiary/aromatic N) is 4. The normalized spacial score (nSPS) is 14.3. The Morgan fingerprint density at radius 2 is 1.86 bits per heavy atom. The lowest BCUT2D eigenvalue weighted by Crippen LogP contribution is -2.49. The van der Waals surface area contributed by atoms with Crippen LogP contribution in [0.15, 0.2) is 72.1 Å². The lowest BCUT2D eigenvalue weighted by molar-refractivity contribution is -0.130. The van der Waals surface area contributed by atoms with Crippen LogP contribution in [0, 0.1) is 0 Å². The lowest BCUT2D eigenvalue weighted by Gasteiger charge is -2.36. The van der Waals surface area contributed by atoms with E-state index < -0.39 is 10.0 Å². The summed E-state index contributed by atoms with van der Waals surface area (Å²) in [4.78, 5) is 27.8. The minimum atomic E-state index is -3.75. The van der Waals surface area contributed by atoms with Crippen molar-refractivity contribution in [2.24, 2.45) is 0 Å². The highest BCUT2D eigenvalue weighted by Gasteiger charge is 2.23. The average molecular weight is 495 g/mol. The van der Waals surface area contributed by atoms with Crippen LogP contribution in [0.1, 0.15) is 6.99 Å². The van der Waals surface area contributed by atoms with E-state index >= 15 is 0 Å². The van der Waals surface area contributed by atoms with Gasteiger partial charge in [0.05, 0.1) is 11.3 Å². The fourth-order valence-electron chi connectivity index (χ4n) is 4.19. The predicted octanol–water partition coefficient (Wildman–Crippen LogP) is 2.60. The maximum atomic E-state index is 12.9. The molecule has 5 rings (SSSR count). The van der Waals surface area contributed by atoms with Crippen LogP contribution >= 0.6 is 0 Å². The summed E-state index contributed by atoms with van der Waals surface area (Å²) in [7, 11) is -3.75.